The molecule has 0 aliphatic carbocycles. The molecule has 7 nitrogen and oxygen atoms in total. The number of fused-ring (bicyclic) bond motifs is 2. The number of nitrogens with one attached hydrogen (secondary N) is 1. The molecular weight excluding hydrogens is 406 g/mol. The second-order valence-electron chi connectivity index (χ2n) is 8.59. The fourth-order valence-corrected chi connectivity index (χ4v) is 5.15. The van der Waals surface area contributed by atoms with Gasteiger partial charge < -0.3 is 24.3 Å². The predicted octanol–water partition coefficient (Wildman–Crippen LogP) is 2.75. The minimum absolute atomic E-state index is 0.00573. The number of methoxy groups -OCH3 is 1. The topological polar surface area (TPSA) is 72.8 Å². The van der Waals surface area contributed by atoms with E-state index < -0.39 is 5.54 Å². The quantitative estimate of drug-likeness (QED) is 0.690. The van der Waals surface area contributed by atoms with Gasteiger partial charge in [0.15, 0.2) is 0 Å². The summed E-state index contributed by atoms with van der Waals surface area (Å²) in [5, 5.41) is 4.07. The van der Waals surface area contributed by atoms with E-state index in [0.717, 1.165) is 27.9 Å². The van der Waals surface area contributed by atoms with Gasteiger partial charge in [-0.15, -0.1) is 0 Å². The van der Waals surface area contributed by atoms with Gasteiger partial charge in [0.05, 0.1) is 18.2 Å². The molecule has 32 heavy (non-hydrogen) atoms. The van der Waals surface area contributed by atoms with Crippen molar-refractivity contribution in [3.63, 3.8) is 0 Å². The minimum Gasteiger partial charge on any atom is -0.497 e. The van der Waals surface area contributed by atoms with Crippen LogP contribution in [-0.2, 0) is 22.1 Å². The maximum Gasteiger partial charge on any atom is 0.256 e. The van der Waals surface area contributed by atoms with E-state index in [0.29, 0.717) is 25.1 Å². The van der Waals surface area contributed by atoms with E-state index in [1.807, 2.05) is 72.0 Å². The molecule has 0 bridgehead atoms. The number of carbonyl (C=O) groups is 2. The Morgan fingerprint density at radius 2 is 2.00 bits per heavy atom. The molecule has 0 saturated carbocycles. The second-order valence-corrected chi connectivity index (χ2v) is 8.59. The molecule has 0 unspecified atom stereocenters. The Bertz CT molecular complexity index is 1200. The molecule has 1 aromatic heterocycles. The van der Waals surface area contributed by atoms with Crippen LogP contribution in [-0.4, -0.2) is 54.2 Å². The molecule has 166 valence electrons. The maximum atomic E-state index is 13.8. The molecule has 2 aliphatic rings. The summed E-state index contributed by atoms with van der Waals surface area (Å²) < 4.78 is 13.4. The zero-order valence-corrected chi connectivity index (χ0v) is 18.6. The Morgan fingerprint density at radius 1 is 1.22 bits per heavy atom. The van der Waals surface area contributed by atoms with Gasteiger partial charge in [-0.05, 0) is 37.1 Å². The summed E-state index contributed by atoms with van der Waals surface area (Å²) in [4.78, 5) is 27.9. The molecule has 1 N–H and O–H groups in total. The van der Waals surface area contributed by atoms with E-state index in [-0.39, 0.29) is 24.5 Å². The number of piperidine rings is 1. The third-order valence-corrected chi connectivity index (χ3v) is 6.98. The lowest BCUT2D eigenvalue weighted by Crippen LogP contribution is -2.67. The second kappa shape index (κ2) is 7.67. The average Bonchev–Trinajstić information content (AvgIpc) is 3.07. The van der Waals surface area contributed by atoms with Gasteiger partial charge in [0.1, 0.15) is 18.5 Å². The molecular formula is C25H27N3O4. The number of amides is 2. The van der Waals surface area contributed by atoms with Crippen molar-refractivity contribution in [3.8, 4) is 5.75 Å². The molecule has 2 aliphatic heterocycles. The molecule has 3 aromatic rings. The number of ether oxygens (including phenoxy) is 2. The number of aromatic nitrogens is 1. The lowest BCUT2D eigenvalue weighted by Gasteiger charge is -2.50. The molecule has 7 heteroatoms. The number of nitrogens with zero attached hydrogens (tertiary/aromatic N) is 2. The fourth-order valence-electron chi connectivity index (χ4n) is 5.15. The van der Waals surface area contributed by atoms with Gasteiger partial charge in [-0.1, -0.05) is 30.3 Å². The molecule has 2 amide bonds. The van der Waals surface area contributed by atoms with Crippen LogP contribution < -0.4 is 10.1 Å². The highest BCUT2D eigenvalue weighted by molar-refractivity contribution is 6.08. The first-order valence-corrected chi connectivity index (χ1v) is 10.8. The number of hydrogen-bond donors (Lipinski definition) is 1. The monoisotopic (exact) mass is 433 g/mol. The van der Waals surface area contributed by atoms with Crippen LogP contribution in [0.25, 0.3) is 10.9 Å². The Labute approximate surface area is 186 Å². The summed E-state index contributed by atoms with van der Waals surface area (Å²) >= 11 is 0. The maximum absolute atomic E-state index is 13.8. The van der Waals surface area contributed by atoms with Crippen molar-refractivity contribution in [1.82, 2.24) is 14.8 Å². The summed E-state index contributed by atoms with van der Waals surface area (Å²) in [6.07, 6.45) is 0.275. The Morgan fingerprint density at radius 3 is 2.75 bits per heavy atom. The van der Waals surface area contributed by atoms with Crippen LogP contribution in [0.5, 0.6) is 5.75 Å². The number of rotatable bonds is 3. The third-order valence-electron chi connectivity index (χ3n) is 6.98. The highest BCUT2D eigenvalue weighted by atomic mass is 16.5. The van der Waals surface area contributed by atoms with Crippen molar-refractivity contribution in [3.05, 3.63) is 65.4 Å². The number of hydrogen-bond acceptors (Lipinski definition) is 4. The van der Waals surface area contributed by atoms with Crippen LogP contribution in [0.15, 0.2) is 48.5 Å². The van der Waals surface area contributed by atoms with Crippen molar-refractivity contribution in [2.45, 2.75) is 25.0 Å². The van der Waals surface area contributed by atoms with Crippen LogP contribution >= 0.6 is 0 Å². The Hall–Kier alpha value is -3.32. The summed E-state index contributed by atoms with van der Waals surface area (Å²) in [5.74, 6) is 0.572. The molecule has 2 saturated heterocycles. The normalized spacial score (nSPS) is 23.0. The van der Waals surface area contributed by atoms with E-state index >= 15 is 0 Å². The van der Waals surface area contributed by atoms with E-state index in [9.17, 15) is 9.59 Å². The average molecular weight is 434 g/mol. The Balaban J connectivity index is 1.50. The zero-order chi connectivity index (χ0) is 22.5. The molecule has 2 atom stereocenters. The minimum atomic E-state index is -0.621. The van der Waals surface area contributed by atoms with E-state index in [4.69, 9.17) is 9.47 Å². The summed E-state index contributed by atoms with van der Waals surface area (Å²) in [7, 11) is 3.60. The molecule has 2 fully saturated rings. The first kappa shape index (κ1) is 20.6. The zero-order valence-electron chi connectivity index (χ0n) is 18.6. The molecule has 2 aromatic carbocycles. The van der Waals surface area contributed by atoms with Crippen molar-refractivity contribution in [2.24, 2.45) is 7.05 Å². The van der Waals surface area contributed by atoms with Crippen LogP contribution in [0, 0.1) is 6.92 Å². The van der Waals surface area contributed by atoms with Gasteiger partial charge in [0, 0.05) is 36.7 Å². The first-order valence-electron chi connectivity index (χ1n) is 10.8. The van der Waals surface area contributed by atoms with Crippen LogP contribution in [0.1, 0.15) is 28.0 Å². The van der Waals surface area contributed by atoms with E-state index in [1.165, 1.54) is 0 Å². The van der Waals surface area contributed by atoms with Gasteiger partial charge in [-0.2, -0.15) is 0 Å². The largest absolute Gasteiger partial charge is 0.497 e. The van der Waals surface area contributed by atoms with Gasteiger partial charge >= 0.3 is 0 Å². The van der Waals surface area contributed by atoms with Gasteiger partial charge in [0.25, 0.3) is 5.91 Å². The predicted molar refractivity (Wildman–Crippen MR) is 121 cm³/mol. The number of benzene rings is 2. The molecule has 0 spiro atoms. The van der Waals surface area contributed by atoms with Crippen LogP contribution in [0.4, 0.5) is 0 Å². The summed E-state index contributed by atoms with van der Waals surface area (Å²) in [5.41, 5.74) is 2.98. The van der Waals surface area contributed by atoms with Crippen molar-refractivity contribution in [2.75, 3.05) is 26.8 Å². The molecule has 0 radical (unpaired) electrons. The van der Waals surface area contributed by atoms with Crippen LogP contribution in [0.3, 0.4) is 0 Å². The van der Waals surface area contributed by atoms with Crippen molar-refractivity contribution >= 4 is 22.7 Å². The van der Waals surface area contributed by atoms with E-state index in [1.54, 1.807) is 7.11 Å². The lowest BCUT2D eigenvalue weighted by atomic mass is 9.77. The Kier molecular flexibility index (Phi) is 4.93. The van der Waals surface area contributed by atoms with Crippen molar-refractivity contribution in [1.29, 1.82) is 0 Å². The van der Waals surface area contributed by atoms with Crippen molar-refractivity contribution < 1.29 is 19.1 Å². The number of carbonyl (C=O) groups excluding carboxylic acids is 2. The van der Waals surface area contributed by atoms with Gasteiger partial charge in [-0.3, -0.25) is 9.59 Å². The highest BCUT2D eigenvalue weighted by Gasteiger charge is 2.50. The number of likely N-dealkylation sites (tertiary alicyclic amines) is 1. The SMILES string of the molecule is COc1ccc2c(c1)c(C(=O)N1CC[C@@]3(c4ccccc4)NC(=O)CO[C@@H]3C1)c(C)n2C. The van der Waals surface area contributed by atoms with Gasteiger partial charge in [0.2, 0.25) is 5.91 Å². The van der Waals surface area contributed by atoms with Crippen LogP contribution in [0.2, 0.25) is 0 Å². The number of morpholine rings is 1. The standard InChI is InChI=1S/C25H27N3O4/c1-16-23(19-13-18(31-3)9-10-20(19)27(16)2)24(30)28-12-11-25(17-7-5-4-6-8-17)21(14-28)32-15-22(29)26-25/h4-10,13,21H,11-12,14-15H2,1-3H3,(H,26,29)/t21-,25+/m1/s1. The molecule has 3 heterocycles. The molecule has 5 rings (SSSR count). The third kappa shape index (κ3) is 3.07. The first-order chi connectivity index (χ1) is 15.4. The number of aryl methyl sites for hydroxylation is 1. The fraction of sp³-hybridized carbons (Fsp3) is 0.360. The summed E-state index contributed by atoms with van der Waals surface area (Å²) in [6, 6.07) is 15.7. The highest BCUT2D eigenvalue weighted by Crippen LogP contribution is 2.38. The van der Waals surface area contributed by atoms with E-state index in [2.05, 4.69) is 5.32 Å². The smallest absolute Gasteiger partial charge is 0.256 e. The summed E-state index contributed by atoms with van der Waals surface area (Å²) in [6.45, 7) is 2.91. The lowest BCUT2D eigenvalue weighted by molar-refractivity contribution is -0.150. The van der Waals surface area contributed by atoms with Gasteiger partial charge in [-0.25, -0.2) is 0 Å².